The second-order valence-corrected chi connectivity index (χ2v) is 7.09. The molecule has 0 bridgehead atoms. The number of carbonyl (C=O) groups excluding carboxylic acids is 1. The number of benzene rings is 1. The molecule has 1 aliphatic rings. The summed E-state index contributed by atoms with van der Waals surface area (Å²) in [6, 6.07) is 8.52. The lowest BCUT2D eigenvalue weighted by molar-refractivity contribution is -0.131. The number of amides is 1. The Morgan fingerprint density at radius 2 is 2.27 bits per heavy atom. The summed E-state index contributed by atoms with van der Waals surface area (Å²) in [4.78, 5) is 18.9. The van der Waals surface area contributed by atoms with Gasteiger partial charge in [-0.25, -0.2) is 4.98 Å². The summed E-state index contributed by atoms with van der Waals surface area (Å²) in [5.74, 6) is 0.796. The van der Waals surface area contributed by atoms with E-state index in [1.54, 1.807) is 11.3 Å². The molecule has 1 amide bonds. The van der Waals surface area contributed by atoms with E-state index in [2.05, 4.69) is 48.5 Å². The fourth-order valence-corrected chi connectivity index (χ4v) is 3.66. The minimum Gasteiger partial charge on any atom is -0.340 e. The van der Waals surface area contributed by atoms with Crippen LogP contribution >= 0.6 is 11.3 Å². The smallest absolute Gasteiger partial charge is 0.226 e. The third-order valence-corrected chi connectivity index (χ3v) is 5.30. The minimum atomic E-state index is 0.149. The summed E-state index contributed by atoms with van der Waals surface area (Å²) >= 11 is 1.68. The molecular weight excluding hydrogens is 292 g/mol. The first-order valence-electron chi connectivity index (χ1n) is 7.83. The lowest BCUT2D eigenvalue weighted by atomic mass is 10.1. The van der Waals surface area contributed by atoms with Crippen LogP contribution in [0.25, 0.3) is 0 Å². The molecule has 1 aromatic heterocycles. The molecule has 0 saturated heterocycles. The van der Waals surface area contributed by atoms with Crippen LogP contribution in [0.5, 0.6) is 0 Å². The van der Waals surface area contributed by atoms with Gasteiger partial charge in [0.1, 0.15) is 0 Å². The summed E-state index contributed by atoms with van der Waals surface area (Å²) in [5, 5.41) is 3.20. The van der Waals surface area contributed by atoms with Gasteiger partial charge in [-0.05, 0) is 31.2 Å². The van der Waals surface area contributed by atoms with Crippen LogP contribution in [0.4, 0.5) is 0 Å². The summed E-state index contributed by atoms with van der Waals surface area (Å²) in [6.07, 6.45) is 1.93. The highest BCUT2D eigenvalue weighted by atomic mass is 32.1. The predicted octanol–water partition coefficient (Wildman–Crippen LogP) is 3.78. The van der Waals surface area contributed by atoms with E-state index in [-0.39, 0.29) is 11.8 Å². The van der Waals surface area contributed by atoms with Gasteiger partial charge in [0.25, 0.3) is 0 Å². The van der Waals surface area contributed by atoms with Crippen molar-refractivity contribution in [1.29, 1.82) is 0 Å². The number of rotatable bonds is 5. The molecule has 0 radical (unpaired) electrons. The standard InChI is InChI=1S/C18H22N2OS/c1-4-17-19-14(11-22-17)10-20(3)18(21)16-9-15(16)13-7-5-6-12(2)8-13/h5-8,11,15-16H,4,9-10H2,1-3H3/t15-,16+/m1/s1. The van der Waals surface area contributed by atoms with E-state index in [9.17, 15) is 4.79 Å². The zero-order valence-electron chi connectivity index (χ0n) is 13.4. The highest BCUT2D eigenvalue weighted by molar-refractivity contribution is 7.09. The first-order valence-corrected chi connectivity index (χ1v) is 8.71. The van der Waals surface area contributed by atoms with Crippen LogP contribution in [0.1, 0.15) is 41.1 Å². The molecule has 1 aromatic carbocycles. The third-order valence-electron chi connectivity index (χ3n) is 4.26. The molecule has 4 heteroatoms. The van der Waals surface area contributed by atoms with Gasteiger partial charge in [-0.1, -0.05) is 36.8 Å². The molecule has 2 atom stereocenters. The van der Waals surface area contributed by atoms with Crippen LogP contribution in [0.2, 0.25) is 0 Å². The van der Waals surface area contributed by atoms with Gasteiger partial charge in [0.15, 0.2) is 0 Å². The van der Waals surface area contributed by atoms with Gasteiger partial charge >= 0.3 is 0 Å². The first kappa shape index (κ1) is 15.2. The average molecular weight is 314 g/mol. The van der Waals surface area contributed by atoms with Crippen LogP contribution in [0.3, 0.4) is 0 Å². The lowest BCUT2D eigenvalue weighted by Gasteiger charge is -2.16. The molecule has 0 unspecified atom stereocenters. The highest BCUT2D eigenvalue weighted by Crippen LogP contribution is 2.48. The normalized spacial score (nSPS) is 20.0. The molecule has 3 nitrogen and oxygen atoms in total. The Bertz CT molecular complexity index is 679. The van der Waals surface area contributed by atoms with E-state index < -0.39 is 0 Å². The molecule has 116 valence electrons. The van der Waals surface area contributed by atoms with E-state index in [1.807, 2.05) is 11.9 Å². The summed E-state index contributed by atoms with van der Waals surface area (Å²) in [7, 11) is 1.89. The second kappa shape index (κ2) is 6.21. The SMILES string of the molecule is CCc1nc(CN(C)C(=O)[C@H]2C[C@@H]2c2cccc(C)c2)cs1. The van der Waals surface area contributed by atoms with Crippen molar-refractivity contribution in [2.75, 3.05) is 7.05 Å². The fourth-order valence-electron chi connectivity index (χ4n) is 2.92. The number of aromatic nitrogens is 1. The molecule has 1 aliphatic carbocycles. The highest BCUT2D eigenvalue weighted by Gasteiger charge is 2.45. The molecule has 0 aliphatic heterocycles. The van der Waals surface area contributed by atoms with Crippen LogP contribution < -0.4 is 0 Å². The Morgan fingerprint density at radius 1 is 1.45 bits per heavy atom. The van der Waals surface area contributed by atoms with Crippen LogP contribution in [0, 0.1) is 12.8 Å². The van der Waals surface area contributed by atoms with E-state index in [4.69, 9.17) is 0 Å². The van der Waals surface area contributed by atoms with Crippen molar-refractivity contribution in [3.63, 3.8) is 0 Å². The molecule has 0 N–H and O–H groups in total. The third kappa shape index (κ3) is 3.22. The lowest BCUT2D eigenvalue weighted by Crippen LogP contribution is -2.28. The van der Waals surface area contributed by atoms with E-state index in [0.717, 1.165) is 23.5 Å². The van der Waals surface area contributed by atoms with E-state index in [0.29, 0.717) is 12.5 Å². The number of hydrogen-bond donors (Lipinski definition) is 0. The van der Waals surface area contributed by atoms with E-state index >= 15 is 0 Å². The molecule has 2 aromatic rings. The van der Waals surface area contributed by atoms with Gasteiger partial charge in [0, 0.05) is 18.3 Å². The largest absolute Gasteiger partial charge is 0.340 e. The number of thiazole rings is 1. The van der Waals surface area contributed by atoms with Crippen molar-refractivity contribution in [2.24, 2.45) is 5.92 Å². The minimum absolute atomic E-state index is 0.149. The zero-order chi connectivity index (χ0) is 15.7. The second-order valence-electron chi connectivity index (χ2n) is 6.14. The van der Waals surface area contributed by atoms with Crippen molar-refractivity contribution in [2.45, 2.75) is 39.2 Å². The van der Waals surface area contributed by atoms with Gasteiger partial charge in [-0.3, -0.25) is 4.79 Å². The van der Waals surface area contributed by atoms with Crippen molar-refractivity contribution < 1.29 is 4.79 Å². The average Bonchev–Trinajstić information content (AvgIpc) is 3.19. The maximum Gasteiger partial charge on any atom is 0.226 e. The quantitative estimate of drug-likeness (QED) is 0.841. The zero-order valence-corrected chi connectivity index (χ0v) is 14.2. The molecular formula is C18H22N2OS. The van der Waals surface area contributed by atoms with Crippen LogP contribution in [-0.4, -0.2) is 22.8 Å². The Labute approximate surface area is 136 Å². The maximum atomic E-state index is 12.6. The molecule has 0 spiro atoms. The predicted molar refractivity (Wildman–Crippen MR) is 90.0 cm³/mol. The number of hydrogen-bond acceptors (Lipinski definition) is 3. The molecule has 1 fully saturated rings. The van der Waals surface area contributed by atoms with Crippen molar-refractivity contribution in [3.8, 4) is 0 Å². The van der Waals surface area contributed by atoms with E-state index in [1.165, 1.54) is 11.1 Å². The Morgan fingerprint density at radius 3 is 2.95 bits per heavy atom. The molecule has 22 heavy (non-hydrogen) atoms. The topological polar surface area (TPSA) is 33.2 Å². The Kier molecular flexibility index (Phi) is 4.30. The summed E-state index contributed by atoms with van der Waals surface area (Å²) in [6.45, 7) is 4.82. The number of aryl methyl sites for hydroxylation is 2. The van der Waals surface area contributed by atoms with Gasteiger partial charge in [0.05, 0.1) is 17.2 Å². The Balaban J connectivity index is 1.60. The van der Waals surface area contributed by atoms with Gasteiger partial charge in [0.2, 0.25) is 5.91 Å². The first-order chi connectivity index (χ1) is 10.6. The van der Waals surface area contributed by atoms with Crippen LogP contribution in [-0.2, 0) is 17.8 Å². The molecule has 1 heterocycles. The maximum absolute atomic E-state index is 12.6. The Hall–Kier alpha value is -1.68. The van der Waals surface area contributed by atoms with Gasteiger partial charge < -0.3 is 4.90 Å². The number of nitrogens with zero attached hydrogens (tertiary/aromatic N) is 2. The van der Waals surface area contributed by atoms with Crippen molar-refractivity contribution >= 4 is 17.2 Å². The molecule has 3 rings (SSSR count). The fraction of sp³-hybridized carbons (Fsp3) is 0.444. The summed E-state index contributed by atoms with van der Waals surface area (Å²) in [5.41, 5.74) is 3.57. The monoisotopic (exact) mass is 314 g/mol. The van der Waals surface area contributed by atoms with Crippen LogP contribution in [0.15, 0.2) is 29.6 Å². The number of carbonyl (C=O) groups is 1. The van der Waals surface area contributed by atoms with Crippen molar-refractivity contribution in [1.82, 2.24) is 9.88 Å². The van der Waals surface area contributed by atoms with Crippen molar-refractivity contribution in [3.05, 3.63) is 51.5 Å². The molecule has 1 saturated carbocycles. The van der Waals surface area contributed by atoms with Gasteiger partial charge in [-0.2, -0.15) is 0 Å². The van der Waals surface area contributed by atoms with Gasteiger partial charge in [-0.15, -0.1) is 11.3 Å². The summed E-state index contributed by atoms with van der Waals surface area (Å²) < 4.78 is 0.